The molecule has 0 radical (unpaired) electrons. The molecule has 0 aromatic carbocycles. The van der Waals surface area contributed by atoms with E-state index in [9.17, 15) is 0 Å². The van der Waals surface area contributed by atoms with Gasteiger partial charge in [0.15, 0.2) is 0 Å². The third kappa shape index (κ3) is 3.21. The summed E-state index contributed by atoms with van der Waals surface area (Å²) in [7, 11) is 0. The van der Waals surface area contributed by atoms with Crippen LogP contribution in [-0.4, -0.2) is 36.6 Å². The van der Waals surface area contributed by atoms with Crippen molar-refractivity contribution in [3.63, 3.8) is 0 Å². The Bertz CT molecular complexity index is 227. The van der Waals surface area contributed by atoms with Crippen LogP contribution in [0.15, 0.2) is 0 Å². The quantitative estimate of drug-likeness (QED) is 0.789. The highest BCUT2D eigenvalue weighted by Crippen LogP contribution is 2.30. The van der Waals surface area contributed by atoms with Gasteiger partial charge in [-0.1, -0.05) is 27.7 Å². The maximum absolute atomic E-state index is 3.76. The molecule has 1 aliphatic heterocycles. The number of hydrogen-bond acceptors (Lipinski definition) is 2. The molecule has 1 N–H and O–H groups in total. The van der Waals surface area contributed by atoms with Crippen molar-refractivity contribution in [1.82, 2.24) is 10.2 Å². The van der Waals surface area contributed by atoms with Crippen LogP contribution in [0.3, 0.4) is 0 Å². The van der Waals surface area contributed by atoms with E-state index in [0.29, 0.717) is 5.41 Å². The van der Waals surface area contributed by atoms with Crippen molar-refractivity contribution < 1.29 is 0 Å². The summed E-state index contributed by atoms with van der Waals surface area (Å²) >= 11 is 0. The summed E-state index contributed by atoms with van der Waals surface area (Å²) in [5, 5.41) is 3.76. The molecule has 0 amide bonds. The molecule has 2 heteroatoms. The molecule has 0 bridgehead atoms. The molecule has 16 heavy (non-hydrogen) atoms. The van der Waals surface area contributed by atoms with Crippen LogP contribution in [0, 0.1) is 11.3 Å². The van der Waals surface area contributed by atoms with E-state index in [0.717, 1.165) is 18.0 Å². The van der Waals surface area contributed by atoms with E-state index >= 15 is 0 Å². The largest absolute Gasteiger partial charge is 0.312 e. The maximum atomic E-state index is 3.76. The molecule has 1 aliphatic carbocycles. The Labute approximate surface area is 101 Å². The van der Waals surface area contributed by atoms with Crippen molar-refractivity contribution in [2.24, 2.45) is 11.3 Å². The Balaban J connectivity index is 1.67. The van der Waals surface area contributed by atoms with E-state index in [1.807, 2.05) is 0 Å². The molecule has 2 aliphatic rings. The average Bonchev–Trinajstić information content (AvgIpc) is 2.94. The third-order valence-electron chi connectivity index (χ3n) is 4.47. The monoisotopic (exact) mass is 224 g/mol. The molecule has 0 aromatic heterocycles. The van der Waals surface area contributed by atoms with Crippen LogP contribution in [0.1, 0.15) is 47.0 Å². The summed E-state index contributed by atoms with van der Waals surface area (Å²) in [5.41, 5.74) is 0.432. The highest BCUT2D eigenvalue weighted by Gasteiger charge is 2.34. The van der Waals surface area contributed by atoms with Gasteiger partial charge in [-0.2, -0.15) is 0 Å². The second-order valence-electron chi connectivity index (χ2n) is 6.89. The fourth-order valence-corrected chi connectivity index (χ4v) is 2.37. The normalized spacial score (nSPS) is 29.6. The van der Waals surface area contributed by atoms with Crippen LogP contribution in [0.4, 0.5) is 0 Å². The number of likely N-dealkylation sites (tertiary alicyclic amines) is 1. The smallest absolute Gasteiger partial charge is 0.0207 e. The first-order valence-electron chi connectivity index (χ1n) is 6.94. The van der Waals surface area contributed by atoms with Crippen molar-refractivity contribution in [2.75, 3.05) is 19.6 Å². The molecule has 2 atom stereocenters. The molecule has 1 saturated carbocycles. The predicted octanol–water partition coefficient (Wildman–Crippen LogP) is 2.49. The van der Waals surface area contributed by atoms with Gasteiger partial charge in [-0.05, 0) is 37.1 Å². The molecule has 0 aromatic rings. The highest BCUT2D eigenvalue weighted by molar-refractivity contribution is 4.92. The summed E-state index contributed by atoms with van der Waals surface area (Å²) in [6.07, 6.45) is 4.25. The van der Waals surface area contributed by atoms with Crippen molar-refractivity contribution in [3.05, 3.63) is 0 Å². The minimum Gasteiger partial charge on any atom is -0.312 e. The van der Waals surface area contributed by atoms with Gasteiger partial charge in [0, 0.05) is 25.2 Å². The van der Waals surface area contributed by atoms with Gasteiger partial charge < -0.3 is 5.32 Å². The van der Waals surface area contributed by atoms with E-state index in [2.05, 4.69) is 37.9 Å². The Morgan fingerprint density at radius 2 is 1.94 bits per heavy atom. The Morgan fingerprint density at radius 1 is 1.25 bits per heavy atom. The van der Waals surface area contributed by atoms with Gasteiger partial charge in [-0.3, -0.25) is 4.90 Å². The van der Waals surface area contributed by atoms with Gasteiger partial charge in [0.2, 0.25) is 0 Å². The fraction of sp³-hybridized carbons (Fsp3) is 1.00. The number of nitrogens with one attached hydrogen (secondary N) is 1. The van der Waals surface area contributed by atoms with Crippen LogP contribution in [0.2, 0.25) is 0 Å². The lowest BCUT2D eigenvalue weighted by Crippen LogP contribution is -2.38. The van der Waals surface area contributed by atoms with E-state index in [-0.39, 0.29) is 0 Å². The molecular formula is C14H28N2. The van der Waals surface area contributed by atoms with Crippen molar-refractivity contribution >= 4 is 0 Å². The maximum Gasteiger partial charge on any atom is 0.0207 e. The molecule has 0 spiro atoms. The fourth-order valence-electron chi connectivity index (χ4n) is 2.37. The lowest BCUT2D eigenvalue weighted by Gasteiger charge is -2.28. The lowest BCUT2D eigenvalue weighted by atomic mass is 9.82. The van der Waals surface area contributed by atoms with Gasteiger partial charge >= 0.3 is 0 Å². The number of nitrogens with zero attached hydrogens (tertiary/aromatic N) is 1. The number of rotatable bonds is 4. The first-order chi connectivity index (χ1) is 7.47. The van der Waals surface area contributed by atoms with E-state index < -0.39 is 0 Å². The van der Waals surface area contributed by atoms with Gasteiger partial charge in [-0.15, -0.1) is 0 Å². The van der Waals surface area contributed by atoms with Crippen LogP contribution < -0.4 is 5.32 Å². The summed E-state index contributed by atoms with van der Waals surface area (Å²) in [6.45, 7) is 13.2. The average molecular weight is 224 g/mol. The van der Waals surface area contributed by atoms with Crippen LogP contribution in [0.5, 0.6) is 0 Å². The van der Waals surface area contributed by atoms with E-state index in [1.165, 1.54) is 38.9 Å². The lowest BCUT2D eigenvalue weighted by molar-refractivity contribution is 0.242. The van der Waals surface area contributed by atoms with Gasteiger partial charge in [0.25, 0.3) is 0 Å². The Kier molecular flexibility index (Phi) is 3.60. The molecule has 2 rings (SSSR count). The topological polar surface area (TPSA) is 15.3 Å². The zero-order valence-corrected chi connectivity index (χ0v) is 11.4. The molecule has 2 fully saturated rings. The number of hydrogen-bond donors (Lipinski definition) is 1. The summed E-state index contributed by atoms with van der Waals surface area (Å²) < 4.78 is 0. The molecule has 1 heterocycles. The SMILES string of the molecule is CC(CNC1CCN(C2CC2)C1)C(C)(C)C. The van der Waals surface area contributed by atoms with Crippen LogP contribution >= 0.6 is 0 Å². The zero-order chi connectivity index (χ0) is 11.8. The molecule has 2 nitrogen and oxygen atoms in total. The zero-order valence-electron chi connectivity index (χ0n) is 11.4. The second kappa shape index (κ2) is 4.66. The van der Waals surface area contributed by atoms with E-state index in [1.54, 1.807) is 0 Å². The van der Waals surface area contributed by atoms with E-state index in [4.69, 9.17) is 0 Å². The standard InChI is InChI=1S/C14H28N2/c1-11(14(2,3)4)9-15-12-7-8-16(10-12)13-5-6-13/h11-13,15H,5-10H2,1-4H3. The van der Waals surface area contributed by atoms with Gasteiger partial charge in [0.1, 0.15) is 0 Å². The molecule has 2 unspecified atom stereocenters. The third-order valence-corrected chi connectivity index (χ3v) is 4.47. The van der Waals surface area contributed by atoms with Crippen LogP contribution in [0.25, 0.3) is 0 Å². The summed E-state index contributed by atoms with van der Waals surface area (Å²) in [5.74, 6) is 0.752. The highest BCUT2D eigenvalue weighted by atomic mass is 15.2. The molecular weight excluding hydrogens is 196 g/mol. The van der Waals surface area contributed by atoms with Crippen molar-refractivity contribution in [3.8, 4) is 0 Å². The van der Waals surface area contributed by atoms with Gasteiger partial charge in [0.05, 0.1) is 0 Å². The Hall–Kier alpha value is -0.0800. The minimum atomic E-state index is 0.432. The Morgan fingerprint density at radius 3 is 2.50 bits per heavy atom. The predicted molar refractivity (Wildman–Crippen MR) is 69.6 cm³/mol. The first kappa shape index (κ1) is 12.4. The summed E-state index contributed by atoms with van der Waals surface area (Å²) in [4.78, 5) is 2.68. The second-order valence-corrected chi connectivity index (χ2v) is 6.89. The van der Waals surface area contributed by atoms with Gasteiger partial charge in [-0.25, -0.2) is 0 Å². The minimum absolute atomic E-state index is 0.432. The van der Waals surface area contributed by atoms with Crippen LogP contribution in [-0.2, 0) is 0 Å². The summed E-state index contributed by atoms with van der Waals surface area (Å²) in [6, 6.07) is 1.71. The first-order valence-corrected chi connectivity index (χ1v) is 6.94. The molecule has 1 saturated heterocycles. The molecule has 94 valence electrons. The van der Waals surface area contributed by atoms with Crippen molar-refractivity contribution in [1.29, 1.82) is 0 Å². The van der Waals surface area contributed by atoms with Crippen molar-refractivity contribution in [2.45, 2.75) is 59.0 Å².